The number of nitrogens with zero attached hydrogens (tertiary/aromatic N) is 1. The first-order valence-electron chi connectivity index (χ1n) is 5.48. The number of ether oxygens (including phenoxy) is 1. The fourth-order valence-electron chi connectivity index (χ4n) is 1.60. The van der Waals surface area contributed by atoms with E-state index >= 15 is 0 Å². The fraction of sp³-hybridized carbons (Fsp3) is 0.308. The minimum Gasteiger partial charge on any atom is -0.375 e. The molecule has 0 bridgehead atoms. The second kappa shape index (κ2) is 4.94. The molecule has 0 fully saturated rings. The predicted octanol–water partition coefficient (Wildman–Crippen LogP) is 2.92. The Hall–Kier alpha value is -1.61. The second-order valence-corrected chi connectivity index (χ2v) is 3.73. The first-order chi connectivity index (χ1) is 7.81. The first kappa shape index (κ1) is 10.9. The third kappa shape index (κ3) is 2.31. The van der Waals surface area contributed by atoms with Crippen LogP contribution >= 0.6 is 0 Å². The molecule has 16 heavy (non-hydrogen) atoms. The summed E-state index contributed by atoms with van der Waals surface area (Å²) in [6, 6.07) is 8.39. The average Bonchev–Trinajstić information content (AvgIpc) is 2.75. The van der Waals surface area contributed by atoms with E-state index < -0.39 is 0 Å². The van der Waals surface area contributed by atoms with Gasteiger partial charge in [0.1, 0.15) is 0 Å². The molecule has 0 radical (unpaired) electrons. The van der Waals surface area contributed by atoms with Gasteiger partial charge in [-0.25, -0.2) is 4.98 Å². The molecule has 0 aliphatic heterocycles. The van der Waals surface area contributed by atoms with E-state index in [1.54, 1.807) is 6.33 Å². The van der Waals surface area contributed by atoms with Gasteiger partial charge in [0, 0.05) is 6.61 Å². The lowest BCUT2D eigenvalue weighted by Gasteiger charge is -2.03. The van der Waals surface area contributed by atoms with E-state index in [9.17, 15) is 0 Å². The molecule has 0 saturated heterocycles. The Bertz CT molecular complexity index is 445. The third-order valence-corrected chi connectivity index (χ3v) is 2.50. The van der Waals surface area contributed by atoms with Crippen molar-refractivity contribution in [1.82, 2.24) is 9.97 Å². The molecule has 1 heterocycles. The minimum atomic E-state index is 0.559. The van der Waals surface area contributed by atoms with Gasteiger partial charge in [-0.1, -0.05) is 29.8 Å². The van der Waals surface area contributed by atoms with Crippen LogP contribution < -0.4 is 0 Å². The molecule has 2 rings (SSSR count). The number of aromatic nitrogens is 2. The zero-order valence-electron chi connectivity index (χ0n) is 9.66. The Morgan fingerprint density at radius 1 is 1.25 bits per heavy atom. The number of hydrogen-bond donors (Lipinski definition) is 1. The van der Waals surface area contributed by atoms with Crippen molar-refractivity contribution in [2.75, 3.05) is 6.61 Å². The van der Waals surface area contributed by atoms with Gasteiger partial charge in [0.15, 0.2) is 0 Å². The van der Waals surface area contributed by atoms with Crippen LogP contribution in [0.15, 0.2) is 30.6 Å². The average molecular weight is 216 g/mol. The maximum absolute atomic E-state index is 5.38. The van der Waals surface area contributed by atoms with Gasteiger partial charge < -0.3 is 9.72 Å². The van der Waals surface area contributed by atoms with Crippen LogP contribution in [0.25, 0.3) is 11.3 Å². The highest BCUT2D eigenvalue weighted by Crippen LogP contribution is 2.21. The summed E-state index contributed by atoms with van der Waals surface area (Å²) in [6.45, 7) is 5.33. The number of H-pyrrole nitrogens is 1. The van der Waals surface area contributed by atoms with Crippen LogP contribution in [0.1, 0.15) is 18.2 Å². The molecule has 3 heteroatoms. The minimum absolute atomic E-state index is 0.559. The molecule has 0 amide bonds. The lowest BCUT2D eigenvalue weighted by atomic mass is 10.1. The van der Waals surface area contributed by atoms with Crippen molar-refractivity contribution in [3.8, 4) is 11.3 Å². The smallest absolute Gasteiger partial charge is 0.0929 e. The lowest BCUT2D eigenvalue weighted by molar-refractivity contribution is 0.132. The number of nitrogens with one attached hydrogen (secondary N) is 1. The van der Waals surface area contributed by atoms with Crippen molar-refractivity contribution in [3.05, 3.63) is 41.9 Å². The van der Waals surface area contributed by atoms with Crippen LogP contribution in [0.2, 0.25) is 0 Å². The van der Waals surface area contributed by atoms with Gasteiger partial charge in [0.2, 0.25) is 0 Å². The standard InChI is InChI=1S/C13H16N2O/c1-3-16-8-12-13(15-9-14-12)11-6-4-10(2)5-7-11/h4-7,9H,3,8H2,1-2H3,(H,14,15). The van der Waals surface area contributed by atoms with E-state index in [4.69, 9.17) is 4.74 Å². The highest BCUT2D eigenvalue weighted by Gasteiger charge is 2.07. The Kier molecular flexibility index (Phi) is 3.37. The lowest BCUT2D eigenvalue weighted by Crippen LogP contribution is -1.94. The second-order valence-electron chi connectivity index (χ2n) is 3.73. The Morgan fingerprint density at radius 2 is 2.00 bits per heavy atom. The normalized spacial score (nSPS) is 10.6. The summed E-state index contributed by atoms with van der Waals surface area (Å²) in [5.74, 6) is 0. The highest BCUT2D eigenvalue weighted by atomic mass is 16.5. The van der Waals surface area contributed by atoms with E-state index in [-0.39, 0.29) is 0 Å². The largest absolute Gasteiger partial charge is 0.375 e. The van der Waals surface area contributed by atoms with Crippen LogP contribution in [0.3, 0.4) is 0 Å². The Morgan fingerprint density at radius 3 is 2.69 bits per heavy atom. The van der Waals surface area contributed by atoms with Crippen LogP contribution in [-0.4, -0.2) is 16.6 Å². The summed E-state index contributed by atoms with van der Waals surface area (Å²) in [6.07, 6.45) is 1.71. The summed E-state index contributed by atoms with van der Waals surface area (Å²) in [4.78, 5) is 7.43. The topological polar surface area (TPSA) is 37.9 Å². The van der Waals surface area contributed by atoms with Crippen molar-refractivity contribution in [3.63, 3.8) is 0 Å². The van der Waals surface area contributed by atoms with Crippen LogP contribution in [0.4, 0.5) is 0 Å². The zero-order valence-corrected chi connectivity index (χ0v) is 9.66. The number of rotatable bonds is 4. The summed E-state index contributed by atoms with van der Waals surface area (Å²) >= 11 is 0. The fourth-order valence-corrected chi connectivity index (χ4v) is 1.60. The summed E-state index contributed by atoms with van der Waals surface area (Å²) < 4.78 is 5.38. The summed E-state index contributed by atoms with van der Waals surface area (Å²) in [5.41, 5.74) is 4.42. The molecule has 3 nitrogen and oxygen atoms in total. The molecule has 1 aromatic heterocycles. The number of aromatic amines is 1. The molecule has 0 atom stereocenters. The van der Waals surface area contributed by atoms with Crippen LogP contribution in [0, 0.1) is 6.92 Å². The number of aryl methyl sites for hydroxylation is 1. The third-order valence-electron chi connectivity index (χ3n) is 2.50. The molecule has 0 aliphatic rings. The van der Waals surface area contributed by atoms with Gasteiger partial charge in [-0.05, 0) is 19.4 Å². The van der Waals surface area contributed by atoms with E-state index in [1.807, 2.05) is 6.92 Å². The number of imidazole rings is 1. The van der Waals surface area contributed by atoms with E-state index in [2.05, 4.69) is 41.2 Å². The maximum atomic E-state index is 5.38. The van der Waals surface area contributed by atoms with Crippen molar-refractivity contribution in [2.45, 2.75) is 20.5 Å². The van der Waals surface area contributed by atoms with Crippen molar-refractivity contribution in [2.24, 2.45) is 0 Å². The van der Waals surface area contributed by atoms with Crippen LogP contribution in [0.5, 0.6) is 0 Å². The molecule has 0 unspecified atom stereocenters. The molecule has 1 aromatic carbocycles. The van der Waals surface area contributed by atoms with Gasteiger partial charge in [-0.15, -0.1) is 0 Å². The molecule has 2 aromatic rings. The maximum Gasteiger partial charge on any atom is 0.0929 e. The quantitative estimate of drug-likeness (QED) is 0.853. The molecular weight excluding hydrogens is 200 g/mol. The van der Waals surface area contributed by atoms with Crippen LogP contribution in [-0.2, 0) is 11.3 Å². The van der Waals surface area contributed by atoms with Gasteiger partial charge in [0.25, 0.3) is 0 Å². The molecule has 0 spiro atoms. The molecular formula is C13H16N2O. The Labute approximate surface area is 95.5 Å². The predicted molar refractivity (Wildman–Crippen MR) is 64.1 cm³/mol. The van der Waals surface area contributed by atoms with Crippen molar-refractivity contribution in [1.29, 1.82) is 0 Å². The monoisotopic (exact) mass is 216 g/mol. The van der Waals surface area contributed by atoms with E-state index in [0.717, 1.165) is 17.0 Å². The molecule has 0 aliphatic carbocycles. The van der Waals surface area contributed by atoms with Gasteiger partial charge in [-0.3, -0.25) is 0 Å². The van der Waals surface area contributed by atoms with Crippen molar-refractivity contribution < 1.29 is 4.74 Å². The SMILES string of the molecule is CCOCc1nc[nH]c1-c1ccc(C)cc1. The molecule has 0 saturated carbocycles. The molecule has 1 N–H and O–H groups in total. The van der Waals surface area contributed by atoms with Crippen molar-refractivity contribution >= 4 is 0 Å². The van der Waals surface area contributed by atoms with Gasteiger partial charge in [0.05, 0.1) is 24.3 Å². The number of benzene rings is 1. The molecule has 84 valence electrons. The Balaban J connectivity index is 2.26. The first-order valence-corrected chi connectivity index (χ1v) is 5.48. The summed E-state index contributed by atoms with van der Waals surface area (Å²) in [7, 11) is 0. The van der Waals surface area contributed by atoms with E-state index in [0.29, 0.717) is 13.2 Å². The summed E-state index contributed by atoms with van der Waals surface area (Å²) in [5, 5.41) is 0. The van der Waals surface area contributed by atoms with Gasteiger partial charge in [-0.2, -0.15) is 0 Å². The van der Waals surface area contributed by atoms with E-state index in [1.165, 1.54) is 5.56 Å². The number of hydrogen-bond acceptors (Lipinski definition) is 2. The van der Waals surface area contributed by atoms with Gasteiger partial charge >= 0.3 is 0 Å². The highest BCUT2D eigenvalue weighted by molar-refractivity contribution is 5.61. The zero-order chi connectivity index (χ0) is 11.4.